The van der Waals surface area contributed by atoms with Gasteiger partial charge in [-0.2, -0.15) is 0 Å². The minimum atomic E-state index is -0.0251. The van der Waals surface area contributed by atoms with Crippen LogP contribution in [0.4, 0.5) is 0 Å². The van der Waals surface area contributed by atoms with E-state index in [2.05, 4.69) is 10.2 Å². The van der Waals surface area contributed by atoms with Crippen LogP contribution in [0.3, 0.4) is 0 Å². The lowest BCUT2D eigenvalue weighted by Gasteiger charge is -2.34. The number of carbonyl (C=O) groups excluding carboxylic acids is 2. The number of benzene rings is 2. The van der Waals surface area contributed by atoms with E-state index in [0.717, 1.165) is 11.3 Å². The van der Waals surface area contributed by atoms with Gasteiger partial charge < -0.3 is 19.7 Å². The first kappa shape index (κ1) is 21.8. The van der Waals surface area contributed by atoms with Crippen molar-refractivity contribution in [2.75, 3.05) is 52.5 Å². The number of ether oxygens (including phenoxy) is 2. The number of nitrogens with zero attached hydrogens (tertiary/aromatic N) is 2. The SMILES string of the molecule is O=C(CN1CCN(C(=O)COCCOc2ccccc2)CC1)NCc1ccccc1. The summed E-state index contributed by atoms with van der Waals surface area (Å²) in [7, 11) is 0. The lowest BCUT2D eigenvalue weighted by atomic mass is 10.2. The van der Waals surface area contributed by atoms with E-state index in [0.29, 0.717) is 52.5 Å². The predicted molar refractivity (Wildman–Crippen MR) is 114 cm³/mol. The molecule has 7 heteroatoms. The maximum atomic E-state index is 12.3. The minimum absolute atomic E-state index is 0.000351. The van der Waals surface area contributed by atoms with Gasteiger partial charge in [-0.25, -0.2) is 0 Å². The van der Waals surface area contributed by atoms with Gasteiger partial charge in [-0.05, 0) is 17.7 Å². The Morgan fingerprint density at radius 1 is 0.867 bits per heavy atom. The van der Waals surface area contributed by atoms with E-state index < -0.39 is 0 Å². The molecule has 1 N–H and O–H groups in total. The van der Waals surface area contributed by atoms with Crippen LogP contribution in [0.15, 0.2) is 60.7 Å². The van der Waals surface area contributed by atoms with E-state index in [1.807, 2.05) is 60.7 Å². The van der Waals surface area contributed by atoms with Gasteiger partial charge in [-0.15, -0.1) is 0 Å². The Morgan fingerprint density at radius 2 is 1.53 bits per heavy atom. The van der Waals surface area contributed by atoms with E-state index >= 15 is 0 Å². The number of piperazine rings is 1. The van der Waals surface area contributed by atoms with Crippen molar-refractivity contribution in [3.63, 3.8) is 0 Å². The van der Waals surface area contributed by atoms with Crippen molar-refractivity contribution in [2.45, 2.75) is 6.54 Å². The zero-order valence-electron chi connectivity index (χ0n) is 17.2. The normalized spacial score (nSPS) is 14.3. The molecule has 3 rings (SSSR count). The summed E-state index contributed by atoms with van der Waals surface area (Å²) in [6, 6.07) is 19.4. The first-order chi connectivity index (χ1) is 14.7. The molecule has 0 atom stereocenters. The Morgan fingerprint density at radius 3 is 2.23 bits per heavy atom. The number of amides is 2. The average molecular weight is 412 g/mol. The predicted octanol–water partition coefficient (Wildman–Crippen LogP) is 1.54. The van der Waals surface area contributed by atoms with Crippen molar-refractivity contribution >= 4 is 11.8 Å². The summed E-state index contributed by atoms with van der Waals surface area (Å²) in [6.45, 7) is 4.28. The van der Waals surface area contributed by atoms with Crippen LogP contribution in [0, 0.1) is 0 Å². The van der Waals surface area contributed by atoms with E-state index in [1.165, 1.54) is 0 Å². The Hall–Kier alpha value is -2.90. The molecule has 30 heavy (non-hydrogen) atoms. The number of hydrogen-bond acceptors (Lipinski definition) is 5. The monoisotopic (exact) mass is 411 g/mol. The summed E-state index contributed by atoms with van der Waals surface area (Å²) in [4.78, 5) is 28.3. The second kappa shape index (κ2) is 11.9. The number of nitrogens with one attached hydrogen (secondary N) is 1. The van der Waals surface area contributed by atoms with Crippen LogP contribution in [0.5, 0.6) is 5.75 Å². The first-order valence-corrected chi connectivity index (χ1v) is 10.3. The van der Waals surface area contributed by atoms with Crippen molar-refractivity contribution in [2.24, 2.45) is 0 Å². The molecule has 1 saturated heterocycles. The van der Waals surface area contributed by atoms with Gasteiger partial charge in [0, 0.05) is 32.7 Å². The number of hydrogen-bond donors (Lipinski definition) is 1. The first-order valence-electron chi connectivity index (χ1n) is 10.3. The molecule has 1 heterocycles. The molecule has 2 amide bonds. The van der Waals surface area contributed by atoms with E-state index in [1.54, 1.807) is 4.90 Å². The molecule has 1 aliphatic heterocycles. The second-order valence-electron chi connectivity index (χ2n) is 7.13. The van der Waals surface area contributed by atoms with Crippen molar-refractivity contribution in [3.05, 3.63) is 66.2 Å². The Balaban J connectivity index is 1.25. The number of para-hydroxylation sites is 1. The Labute approximate surface area is 177 Å². The van der Waals surface area contributed by atoms with Crippen LogP contribution in [0.1, 0.15) is 5.56 Å². The van der Waals surface area contributed by atoms with Crippen LogP contribution in [-0.2, 0) is 20.9 Å². The molecule has 0 aromatic heterocycles. The van der Waals surface area contributed by atoms with Crippen LogP contribution >= 0.6 is 0 Å². The summed E-state index contributed by atoms with van der Waals surface area (Å²) < 4.78 is 11.0. The van der Waals surface area contributed by atoms with Gasteiger partial charge >= 0.3 is 0 Å². The second-order valence-corrected chi connectivity index (χ2v) is 7.13. The molecule has 2 aromatic rings. The van der Waals surface area contributed by atoms with Gasteiger partial charge in [0.15, 0.2) is 0 Å². The molecule has 0 bridgehead atoms. The highest BCUT2D eigenvalue weighted by Crippen LogP contribution is 2.08. The molecule has 1 fully saturated rings. The molecule has 0 saturated carbocycles. The van der Waals surface area contributed by atoms with Gasteiger partial charge in [0.2, 0.25) is 11.8 Å². The molecule has 0 spiro atoms. The highest BCUT2D eigenvalue weighted by atomic mass is 16.5. The van der Waals surface area contributed by atoms with Crippen LogP contribution in [-0.4, -0.2) is 74.2 Å². The zero-order valence-corrected chi connectivity index (χ0v) is 17.2. The van der Waals surface area contributed by atoms with Crippen molar-refractivity contribution in [3.8, 4) is 5.75 Å². The fourth-order valence-corrected chi connectivity index (χ4v) is 3.20. The molecular weight excluding hydrogens is 382 g/mol. The zero-order chi connectivity index (χ0) is 21.0. The molecule has 160 valence electrons. The third-order valence-electron chi connectivity index (χ3n) is 4.89. The number of rotatable bonds is 10. The minimum Gasteiger partial charge on any atom is -0.491 e. The molecule has 0 unspecified atom stereocenters. The average Bonchev–Trinajstić information content (AvgIpc) is 2.79. The summed E-state index contributed by atoms with van der Waals surface area (Å²) >= 11 is 0. The molecule has 0 aliphatic carbocycles. The van der Waals surface area contributed by atoms with Gasteiger partial charge in [-0.1, -0.05) is 48.5 Å². The maximum Gasteiger partial charge on any atom is 0.248 e. The lowest BCUT2D eigenvalue weighted by Crippen LogP contribution is -2.51. The molecule has 1 aliphatic rings. The summed E-state index contributed by atoms with van der Waals surface area (Å²) in [5, 5.41) is 2.94. The molecule has 0 radical (unpaired) electrons. The molecular formula is C23H29N3O4. The Bertz CT molecular complexity index is 778. The maximum absolute atomic E-state index is 12.3. The van der Waals surface area contributed by atoms with E-state index in [9.17, 15) is 9.59 Å². The van der Waals surface area contributed by atoms with Gasteiger partial charge in [0.1, 0.15) is 19.0 Å². The summed E-state index contributed by atoms with van der Waals surface area (Å²) in [6.07, 6.45) is 0. The standard InChI is InChI=1S/C23H29N3O4/c27-22(24-17-20-7-3-1-4-8-20)18-25-11-13-26(14-12-25)23(28)19-29-15-16-30-21-9-5-2-6-10-21/h1-10H,11-19H2,(H,24,27). The fourth-order valence-electron chi connectivity index (χ4n) is 3.20. The number of carbonyl (C=O) groups is 2. The topological polar surface area (TPSA) is 71.1 Å². The van der Waals surface area contributed by atoms with E-state index in [-0.39, 0.29) is 18.4 Å². The summed E-state index contributed by atoms with van der Waals surface area (Å²) in [5.41, 5.74) is 1.08. The van der Waals surface area contributed by atoms with Crippen molar-refractivity contribution in [1.82, 2.24) is 15.1 Å². The fraction of sp³-hybridized carbons (Fsp3) is 0.391. The third kappa shape index (κ3) is 7.50. The van der Waals surface area contributed by atoms with Gasteiger partial charge in [0.25, 0.3) is 0 Å². The van der Waals surface area contributed by atoms with Crippen LogP contribution in [0.2, 0.25) is 0 Å². The van der Waals surface area contributed by atoms with Crippen molar-refractivity contribution in [1.29, 1.82) is 0 Å². The summed E-state index contributed by atoms with van der Waals surface area (Å²) in [5.74, 6) is 0.764. The molecule has 2 aromatic carbocycles. The lowest BCUT2D eigenvalue weighted by molar-refractivity contribution is -0.138. The van der Waals surface area contributed by atoms with Crippen molar-refractivity contribution < 1.29 is 19.1 Å². The highest BCUT2D eigenvalue weighted by Gasteiger charge is 2.22. The molecule has 7 nitrogen and oxygen atoms in total. The van der Waals surface area contributed by atoms with Gasteiger partial charge in [0.05, 0.1) is 13.2 Å². The smallest absolute Gasteiger partial charge is 0.248 e. The van der Waals surface area contributed by atoms with E-state index in [4.69, 9.17) is 9.47 Å². The highest BCUT2D eigenvalue weighted by molar-refractivity contribution is 5.78. The third-order valence-corrected chi connectivity index (χ3v) is 4.89. The largest absolute Gasteiger partial charge is 0.491 e. The Kier molecular flexibility index (Phi) is 8.68. The van der Waals surface area contributed by atoms with Crippen LogP contribution in [0.25, 0.3) is 0 Å². The van der Waals surface area contributed by atoms with Crippen LogP contribution < -0.4 is 10.1 Å². The quantitative estimate of drug-likeness (QED) is 0.601. The van der Waals surface area contributed by atoms with Gasteiger partial charge in [-0.3, -0.25) is 14.5 Å².